The molecule has 16 heavy (non-hydrogen) atoms. The molecule has 0 spiro atoms. The molecule has 0 unspecified atom stereocenters. The second-order valence-electron chi connectivity index (χ2n) is 2.75. The van der Waals surface area contributed by atoms with Crippen LogP contribution >= 0.6 is 0 Å². The number of pyridine rings is 1. The Labute approximate surface area is 85.1 Å². The largest absolute Gasteiger partial charge is 0.422 e. The lowest BCUT2D eigenvalue weighted by Gasteiger charge is -2.10. The Morgan fingerprint density at radius 2 is 1.94 bits per heavy atom. The van der Waals surface area contributed by atoms with Crippen molar-refractivity contribution in [2.45, 2.75) is 12.6 Å². The van der Waals surface area contributed by atoms with Gasteiger partial charge in [-0.2, -0.15) is 18.4 Å². The van der Waals surface area contributed by atoms with E-state index >= 15 is 0 Å². The van der Waals surface area contributed by atoms with Gasteiger partial charge in [-0.15, -0.1) is 0 Å². The zero-order valence-electron chi connectivity index (χ0n) is 7.40. The van der Waals surface area contributed by atoms with Gasteiger partial charge in [-0.25, -0.2) is 8.78 Å². The average molecular weight is 238 g/mol. The fourth-order valence-corrected chi connectivity index (χ4v) is 1.10. The minimum absolute atomic E-state index is 0.314. The lowest BCUT2D eigenvalue weighted by molar-refractivity contribution is -0.140. The molecule has 1 aromatic rings. The second kappa shape index (κ2) is 3.92. The quantitative estimate of drug-likeness (QED) is 0.762. The second-order valence-corrected chi connectivity index (χ2v) is 2.75. The van der Waals surface area contributed by atoms with Gasteiger partial charge in [-0.3, -0.25) is 4.79 Å². The van der Waals surface area contributed by atoms with E-state index in [9.17, 15) is 26.7 Å². The Hall–Kier alpha value is -1.91. The van der Waals surface area contributed by atoms with Crippen molar-refractivity contribution in [3.8, 4) is 6.07 Å². The van der Waals surface area contributed by atoms with Crippen LogP contribution in [0.4, 0.5) is 22.0 Å². The van der Waals surface area contributed by atoms with Crippen LogP contribution < -0.4 is 5.56 Å². The summed E-state index contributed by atoms with van der Waals surface area (Å²) in [5.41, 5.74) is -5.86. The van der Waals surface area contributed by atoms with Crippen LogP contribution in [0.3, 0.4) is 0 Å². The molecule has 0 bridgehead atoms. The highest BCUT2D eigenvalue weighted by atomic mass is 19.4. The molecule has 0 aliphatic carbocycles. The Balaban J connectivity index is 3.61. The van der Waals surface area contributed by atoms with Crippen molar-refractivity contribution in [2.75, 3.05) is 0 Å². The van der Waals surface area contributed by atoms with Gasteiger partial charge in [0.15, 0.2) is 0 Å². The average Bonchev–Trinajstić information content (AvgIpc) is 2.14. The maximum absolute atomic E-state index is 12.3. The summed E-state index contributed by atoms with van der Waals surface area (Å²) in [5, 5.41) is 8.32. The minimum atomic E-state index is -5.19. The van der Waals surface area contributed by atoms with Crippen LogP contribution in [-0.4, -0.2) is 4.98 Å². The third-order valence-corrected chi connectivity index (χ3v) is 1.70. The summed E-state index contributed by atoms with van der Waals surface area (Å²) in [6.07, 6.45) is -8.67. The highest BCUT2D eigenvalue weighted by Gasteiger charge is 2.39. The normalized spacial score (nSPS) is 11.6. The lowest BCUT2D eigenvalue weighted by Crippen LogP contribution is -2.25. The maximum Gasteiger partial charge on any atom is 0.422 e. The molecular weight excluding hydrogens is 235 g/mol. The van der Waals surface area contributed by atoms with E-state index in [2.05, 4.69) is 0 Å². The number of nitrogens with zero attached hydrogens (tertiary/aromatic N) is 1. The van der Waals surface area contributed by atoms with E-state index in [1.54, 1.807) is 4.98 Å². The standard InChI is InChI=1S/C8H3F5N2O/c9-6(10)4-1-3(2-14)15-7(16)5(4)8(11,12)13/h1,6H,(H,15,16). The molecule has 0 amide bonds. The number of aromatic amines is 1. The van der Waals surface area contributed by atoms with Gasteiger partial charge in [-0.05, 0) is 6.07 Å². The van der Waals surface area contributed by atoms with Gasteiger partial charge in [0.1, 0.15) is 17.3 Å². The van der Waals surface area contributed by atoms with Crippen LogP contribution in [0.1, 0.15) is 23.2 Å². The van der Waals surface area contributed by atoms with Crippen LogP contribution in [0, 0.1) is 11.3 Å². The number of H-pyrrole nitrogens is 1. The first-order chi connectivity index (χ1) is 7.27. The zero-order chi connectivity index (χ0) is 12.5. The maximum atomic E-state index is 12.3. The molecule has 0 saturated carbocycles. The predicted molar refractivity (Wildman–Crippen MR) is 41.7 cm³/mol. The molecule has 0 atom stereocenters. The van der Waals surface area contributed by atoms with Crippen molar-refractivity contribution >= 4 is 0 Å². The fourth-order valence-electron chi connectivity index (χ4n) is 1.10. The van der Waals surface area contributed by atoms with E-state index in [0.29, 0.717) is 6.07 Å². The Bertz CT molecular complexity index is 497. The molecule has 0 aliphatic heterocycles. The first-order valence-electron chi connectivity index (χ1n) is 3.80. The third kappa shape index (κ3) is 2.18. The van der Waals surface area contributed by atoms with Crippen molar-refractivity contribution in [3.63, 3.8) is 0 Å². The third-order valence-electron chi connectivity index (χ3n) is 1.70. The van der Waals surface area contributed by atoms with Crippen molar-refractivity contribution in [3.05, 3.63) is 33.2 Å². The molecule has 0 aliphatic rings. The summed E-state index contributed by atoms with van der Waals surface area (Å²) in [5.74, 6) is 0. The Morgan fingerprint density at radius 3 is 2.31 bits per heavy atom. The fraction of sp³-hybridized carbons (Fsp3) is 0.250. The summed E-state index contributed by atoms with van der Waals surface area (Å²) >= 11 is 0. The van der Waals surface area contributed by atoms with Crippen molar-refractivity contribution < 1.29 is 22.0 Å². The van der Waals surface area contributed by atoms with E-state index in [1.165, 1.54) is 6.07 Å². The topological polar surface area (TPSA) is 56.6 Å². The Morgan fingerprint density at radius 1 is 1.38 bits per heavy atom. The SMILES string of the molecule is N#Cc1cc(C(F)F)c(C(F)(F)F)c(=O)[nH]1. The van der Waals surface area contributed by atoms with E-state index in [1.807, 2.05) is 0 Å². The molecule has 0 saturated heterocycles. The first-order valence-corrected chi connectivity index (χ1v) is 3.80. The van der Waals surface area contributed by atoms with Crippen LogP contribution in [-0.2, 0) is 6.18 Å². The molecule has 1 rings (SSSR count). The van der Waals surface area contributed by atoms with Crippen molar-refractivity contribution in [2.24, 2.45) is 0 Å². The summed E-state index contributed by atoms with van der Waals surface area (Å²) in [6, 6.07) is 1.60. The molecule has 0 aromatic carbocycles. The van der Waals surface area contributed by atoms with Crippen LogP contribution in [0.25, 0.3) is 0 Å². The van der Waals surface area contributed by atoms with E-state index < -0.39 is 35.0 Å². The monoisotopic (exact) mass is 238 g/mol. The van der Waals surface area contributed by atoms with Gasteiger partial charge < -0.3 is 4.98 Å². The van der Waals surface area contributed by atoms with Gasteiger partial charge in [0.25, 0.3) is 12.0 Å². The molecule has 8 heteroatoms. The molecule has 0 radical (unpaired) electrons. The smallest absolute Gasteiger partial charge is 0.313 e. The highest BCUT2D eigenvalue weighted by molar-refractivity contribution is 5.34. The number of aromatic nitrogens is 1. The first kappa shape index (κ1) is 12.2. The minimum Gasteiger partial charge on any atom is -0.313 e. The summed E-state index contributed by atoms with van der Waals surface area (Å²) in [6.45, 7) is 0. The van der Waals surface area contributed by atoms with Crippen LogP contribution in [0.15, 0.2) is 10.9 Å². The molecule has 0 fully saturated rings. The molecule has 1 heterocycles. The molecule has 3 nitrogen and oxygen atoms in total. The number of nitrogens with one attached hydrogen (secondary N) is 1. The number of alkyl halides is 5. The molecule has 86 valence electrons. The van der Waals surface area contributed by atoms with Crippen LogP contribution in [0.2, 0.25) is 0 Å². The molecule has 1 N–H and O–H groups in total. The van der Waals surface area contributed by atoms with Gasteiger partial charge in [0.2, 0.25) is 0 Å². The van der Waals surface area contributed by atoms with Gasteiger partial charge >= 0.3 is 6.18 Å². The van der Waals surface area contributed by atoms with Gasteiger partial charge in [0.05, 0.1) is 0 Å². The van der Waals surface area contributed by atoms with Gasteiger partial charge in [-0.1, -0.05) is 0 Å². The van der Waals surface area contributed by atoms with Crippen molar-refractivity contribution in [1.82, 2.24) is 4.98 Å². The van der Waals surface area contributed by atoms with Gasteiger partial charge in [0, 0.05) is 5.56 Å². The van der Waals surface area contributed by atoms with E-state index in [4.69, 9.17) is 5.26 Å². The van der Waals surface area contributed by atoms with Crippen molar-refractivity contribution in [1.29, 1.82) is 5.26 Å². The number of nitriles is 1. The highest BCUT2D eigenvalue weighted by Crippen LogP contribution is 2.33. The Kier molecular flexibility index (Phi) is 2.98. The zero-order valence-corrected chi connectivity index (χ0v) is 7.40. The predicted octanol–water partition coefficient (Wildman–Crippen LogP) is 2.20. The molecule has 1 aromatic heterocycles. The lowest BCUT2D eigenvalue weighted by atomic mass is 10.1. The summed E-state index contributed by atoms with van der Waals surface area (Å²) < 4.78 is 61.4. The summed E-state index contributed by atoms with van der Waals surface area (Å²) in [7, 11) is 0. The van der Waals surface area contributed by atoms with Crippen LogP contribution in [0.5, 0.6) is 0 Å². The van der Waals surface area contributed by atoms with E-state index in [-0.39, 0.29) is 0 Å². The number of halogens is 5. The molecular formula is C8H3F5N2O. The summed E-state index contributed by atoms with van der Waals surface area (Å²) in [4.78, 5) is 12.5. The van der Waals surface area contributed by atoms with E-state index in [0.717, 1.165) is 0 Å². The number of rotatable bonds is 1. The number of hydrogen-bond donors (Lipinski definition) is 1. The number of hydrogen-bond acceptors (Lipinski definition) is 2.